The zero-order valence-electron chi connectivity index (χ0n) is 7.65. The van der Waals surface area contributed by atoms with Gasteiger partial charge in [-0.05, 0) is 18.8 Å². The van der Waals surface area contributed by atoms with Gasteiger partial charge in [-0.1, -0.05) is 20.8 Å². The number of nitrogens with zero attached hydrogens (tertiary/aromatic N) is 1. The fourth-order valence-electron chi connectivity index (χ4n) is 0.998. The Hall–Kier alpha value is -0.530. The second-order valence-corrected chi connectivity index (χ2v) is 3.81. The highest BCUT2D eigenvalue weighted by Gasteiger charge is 2.10. The number of hydrazone groups is 1. The van der Waals surface area contributed by atoms with Gasteiger partial charge in [-0.25, -0.2) is 0 Å². The van der Waals surface area contributed by atoms with Crippen molar-refractivity contribution in [1.82, 2.24) is 5.43 Å². The molecule has 0 aliphatic carbocycles. The zero-order chi connectivity index (χ0) is 8.20. The molecular weight excluding hydrogens is 124 g/mol. The molecule has 0 saturated heterocycles. The fraction of sp³-hybridized carbons (Fsp3) is 0.875. The molecule has 0 aliphatic heterocycles. The van der Waals surface area contributed by atoms with E-state index in [0.717, 1.165) is 12.1 Å². The minimum Gasteiger partial charge on any atom is -0.313 e. The van der Waals surface area contributed by atoms with Crippen LogP contribution >= 0.6 is 0 Å². The normalized spacial score (nSPS) is 13.5. The first-order chi connectivity index (χ1) is 4.45. The molecule has 0 atom stereocenters. The van der Waals surface area contributed by atoms with E-state index in [-0.39, 0.29) is 0 Å². The molecule has 0 radical (unpaired) electrons. The Morgan fingerprint density at radius 2 is 1.90 bits per heavy atom. The second-order valence-electron chi connectivity index (χ2n) is 3.81. The topological polar surface area (TPSA) is 24.4 Å². The average molecular weight is 142 g/mol. The van der Waals surface area contributed by atoms with E-state index in [2.05, 4.69) is 31.3 Å². The SMILES string of the molecule is CN/N=C(/C)CC(C)(C)C. The van der Waals surface area contributed by atoms with E-state index in [0.29, 0.717) is 5.41 Å². The Morgan fingerprint density at radius 3 is 2.20 bits per heavy atom. The van der Waals surface area contributed by atoms with Crippen LogP contribution in [0.2, 0.25) is 0 Å². The van der Waals surface area contributed by atoms with Crippen molar-refractivity contribution in [2.45, 2.75) is 34.1 Å². The highest BCUT2D eigenvalue weighted by atomic mass is 15.3. The lowest BCUT2D eigenvalue weighted by atomic mass is 9.90. The lowest BCUT2D eigenvalue weighted by Gasteiger charge is -2.16. The molecule has 0 amide bonds. The summed E-state index contributed by atoms with van der Waals surface area (Å²) < 4.78 is 0. The van der Waals surface area contributed by atoms with Crippen molar-refractivity contribution in [2.75, 3.05) is 7.05 Å². The molecule has 60 valence electrons. The molecule has 0 heterocycles. The Morgan fingerprint density at radius 1 is 1.40 bits per heavy atom. The number of rotatable bonds is 2. The van der Waals surface area contributed by atoms with E-state index in [4.69, 9.17) is 0 Å². The van der Waals surface area contributed by atoms with Crippen molar-refractivity contribution < 1.29 is 0 Å². The van der Waals surface area contributed by atoms with E-state index >= 15 is 0 Å². The largest absolute Gasteiger partial charge is 0.313 e. The van der Waals surface area contributed by atoms with Gasteiger partial charge in [-0.15, -0.1) is 0 Å². The molecule has 0 rings (SSSR count). The summed E-state index contributed by atoms with van der Waals surface area (Å²) in [6, 6.07) is 0. The van der Waals surface area contributed by atoms with Gasteiger partial charge in [0, 0.05) is 12.8 Å². The zero-order valence-corrected chi connectivity index (χ0v) is 7.65. The van der Waals surface area contributed by atoms with Crippen LogP contribution in [-0.4, -0.2) is 12.8 Å². The third kappa shape index (κ3) is 5.60. The predicted molar refractivity (Wildman–Crippen MR) is 46.2 cm³/mol. The van der Waals surface area contributed by atoms with Gasteiger partial charge in [0.1, 0.15) is 0 Å². The summed E-state index contributed by atoms with van der Waals surface area (Å²) in [5.41, 5.74) is 4.29. The molecule has 2 heteroatoms. The fourth-order valence-corrected chi connectivity index (χ4v) is 0.998. The monoisotopic (exact) mass is 142 g/mol. The third-order valence-corrected chi connectivity index (χ3v) is 1.09. The van der Waals surface area contributed by atoms with Crippen molar-refractivity contribution in [2.24, 2.45) is 10.5 Å². The van der Waals surface area contributed by atoms with Crippen LogP contribution in [-0.2, 0) is 0 Å². The molecule has 0 aromatic heterocycles. The maximum absolute atomic E-state index is 4.08. The first-order valence-electron chi connectivity index (χ1n) is 3.65. The van der Waals surface area contributed by atoms with Gasteiger partial charge < -0.3 is 5.43 Å². The highest BCUT2D eigenvalue weighted by Crippen LogP contribution is 2.18. The lowest BCUT2D eigenvalue weighted by molar-refractivity contribution is 0.432. The van der Waals surface area contributed by atoms with Gasteiger partial charge >= 0.3 is 0 Å². The summed E-state index contributed by atoms with van der Waals surface area (Å²) in [7, 11) is 1.83. The van der Waals surface area contributed by atoms with Crippen LogP contribution in [0.25, 0.3) is 0 Å². The van der Waals surface area contributed by atoms with Crippen molar-refractivity contribution in [1.29, 1.82) is 0 Å². The minimum absolute atomic E-state index is 0.352. The van der Waals surface area contributed by atoms with Gasteiger partial charge in [0.15, 0.2) is 0 Å². The summed E-state index contributed by atoms with van der Waals surface area (Å²) in [5, 5.41) is 4.08. The van der Waals surface area contributed by atoms with Crippen molar-refractivity contribution in [3.05, 3.63) is 0 Å². The molecule has 10 heavy (non-hydrogen) atoms. The van der Waals surface area contributed by atoms with Gasteiger partial charge in [0.25, 0.3) is 0 Å². The first kappa shape index (κ1) is 9.47. The maximum Gasteiger partial charge on any atom is 0.0352 e. The third-order valence-electron chi connectivity index (χ3n) is 1.09. The highest BCUT2D eigenvalue weighted by molar-refractivity contribution is 5.82. The molecule has 2 nitrogen and oxygen atoms in total. The molecule has 0 fully saturated rings. The molecule has 0 unspecified atom stereocenters. The first-order valence-corrected chi connectivity index (χ1v) is 3.65. The number of hydrogen-bond donors (Lipinski definition) is 1. The number of nitrogens with one attached hydrogen (secondary N) is 1. The quantitative estimate of drug-likeness (QED) is 0.463. The molecule has 0 saturated carbocycles. The van der Waals surface area contributed by atoms with Crippen LogP contribution in [0, 0.1) is 5.41 Å². The number of hydrogen-bond acceptors (Lipinski definition) is 2. The summed E-state index contributed by atoms with van der Waals surface area (Å²) >= 11 is 0. The van der Waals surface area contributed by atoms with Gasteiger partial charge in [-0.3, -0.25) is 0 Å². The molecule has 0 bridgehead atoms. The Kier molecular flexibility index (Phi) is 3.40. The molecule has 0 aromatic carbocycles. The molecule has 1 N–H and O–H groups in total. The summed E-state index contributed by atoms with van der Waals surface area (Å²) in [6.45, 7) is 8.67. The molecule has 0 spiro atoms. The maximum atomic E-state index is 4.08. The molecular formula is C8H18N2. The summed E-state index contributed by atoms with van der Waals surface area (Å²) in [4.78, 5) is 0. The van der Waals surface area contributed by atoms with Crippen LogP contribution in [0.3, 0.4) is 0 Å². The Balaban J connectivity index is 3.79. The Labute approximate surface area is 63.7 Å². The van der Waals surface area contributed by atoms with Crippen LogP contribution in [0.4, 0.5) is 0 Å². The van der Waals surface area contributed by atoms with E-state index in [1.54, 1.807) is 0 Å². The van der Waals surface area contributed by atoms with E-state index in [1.165, 1.54) is 0 Å². The molecule has 0 aromatic rings. The summed E-state index contributed by atoms with van der Waals surface area (Å²) in [5.74, 6) is 0. The van der Waals surface area contributed by atoms with Crippen LogP contribution in [0.5, 0.6) is 0 Å². The van der Waals surface area contributed by atoms with E-state index in [1.807, 2.05) is 14.0 Å². The van der Waals surface area contributed by atoms with Crippen LogP contribution < -0.4 is 5.43 Å². The Bertz CT molecular complexity index is 120. The van der Waals surface area contributed by atoms with Gasteiger partial charge in [-0.2, -0.15) is 5.10 Å². The van der Waals surface area contributed by atoms with Crippen LogP contribution in [0.1, 0.15) is 34.1 Å². The lowest BCUT2D eigenvalue weighted by Crippen LogP contribution is -2.12. The van der Waals surface area contributed by atoms with Crippen molar-refractivity contribution in [3.63, 3.8) is 0 Å². The average Bonchev–Trinajstić information content (AvgIpc) is 1.59. The standard InChI is InChI=1S/C8H18N2/c1-7(10-9-5)6-8(2,3)4/h9H,6H2,1-5H3/b10-7-. The van der Waals surface area contributed by atoms with E-state index in [9.17, 15) is 0 Å². The molecule has 0 aliphatic rings. The smallest absolute Gasteiger partial charge is 0.0352 e. The van der Waals surface area contributed by atoms with Crippen molar-refractivity contribution in [3.8, 4) is 0 Å². The van der Waals surface area contributed by atoms with Crippen molar-refractivity contribution >= 4 is 5.71 Å². The van der Waals surface area contributed by atoms with Gasteiger partial charge in [0.2, 0.25) is 0 Å². The van der Waals surface area contributed by atoms with Crippen LogP contribution in [0.15, 0.2) is 5.10 Å². The predicted octanol–water partition coefficient (Wildman–Crippen LogP) is 2.02. The van der Waals surface area contributed by atoms with E-state index < -0.39 is 0 Å². The summed E-state index contributed by atoms with van der Waals surface area (Å²) in [6.07, 6.45) is 1.05. The minimum atomic E-state index is 0.352. The van der Waals surface area contributed by atoms with Gasteiger partial charge in [0.05, 0.1) is 0 Å². The second kappa shape index (κ2) is 3.59.